The van der Waals surface area contributed by atoms with E-state index in [0.29, 0.717) is 16.8 Å². The maximum Gasteiger partial charge on any atom is 0.337 e. The number of esters is 1. The molecule has 2 rings (SSSR count). The minimum atomic E-state index is -0.448. The van der Waals surface area contributed by atoms with Crippen molar-refractivity contribution in [2.45, 2.75) is 0 Å². The van der Waals surface area contributed by atoms with Gasteiger partial charge in [-0.1, -0.05) is 37.9 Å². The number of anilines is 1. The Bertz CT molecular complexity index is 681. The number of amides is 1. The summed E-state index contributed by atoms with van der Waals surface area (Å²) >= 11 is 6.67. The Morgan fingerprint density at radius 1 is 1.00 bits per heavy atom. The summed E-state index contributed by atoms with van der Waals surface area (Å²) in [6.45, 7) is 0. The number of carbonyl (C=O) groups excluding carboxylic acids is 2. The van der Waals surface area contributed by atoms with Crippen LogP contribution in [-0.2, 0) is 4.74 Å². The Hall–Kier alpha value is -1.66. The van der Waals surface area contributed by atoms with Crippen LogP contribution in [-0.4, -0.2) is 19.0 Å². The van der Waals surface area contributed by atoms with Gasteiger partial charge in [0.05, 0.1) is 12.7 Å². The standard InChI is InChI=1S/C15H11Br2NO3/c1-21-15(20)9-3-2-4-13(7-9)18-14(19)10-5-11(16)8-12(17)6-10/h2-8H,1H3,(H,18,19). The van der Waals surface area contributed by atoms with Crippen molar-refractivity contribution in [3.8, 4) is 0 Å². The highest BCUT2D eigenvalue weighted by Crippen LogP contribution is 2.21. The van der Waals surface area contributed by atoms with Crippen LogP contribution in [0.4, 0.5) is 5.69 Å². The molecule has 0 radical (unpaired) electrons. The first-order valence-electron chi connectivity index (χ1n) is 5.95. The minimum absolute atomic E-state index is 0.265. The van der Waals surface area contributed by atoms with Gasteiger partial charge in [0, 0.05) is 20.2 Å². The van der Waals surface area contributed by atoms with Gasteiger partial charge in [-0.15, -0.1) is 0 Å². The molecule has 0 aromatic heterocycles. The highest BCUT2D eigenvalue weighted by atomic mass is 79.9. The Balaban J connectivity index is 2.21. The van der Waals surface area contributed by atoms with Crippen LogP contribution in [0.15, 0.2) is 51.4 Å². The zero-order valence-corrected chi connectivity index (χ0v) is 14.2. The van der Waals surface area contributed by atoms with E-state index in [-0.39, 0.29) is 5.91 Å². The van der Waals surface area contributed by atoms with Gasteiger partial charge in [-0.3, -0.25) is 4.79 Å². The van der Waals surface area contributed by atoms with Crippen molar-refractivity contribution in [2.75, 3.05) is 12.4 Å². The molecule has 0 aliphatic carbocycles. The molecule has 0 bridgehead atoms. The van der Waals surface area contributed by atoms with E-state index in [9.17, 15) is 9.59 Å². The van der Waals surface area contributed by atoms with E-state index in [1.807, 2.05) is 6.07 Å². The van der Waals surface area contributed by atoms with Gasteiger partial charge in [-0.2, -0.15) is 0 Å². The van der Waals surface area contributed by atoms with Crippen LogP contribution < -0.4 is 5.32 Å². The summed E-state index contributed by atoms with van der Waals surface area (Å²) in [7, 11) is 1.31. The van der Waals surface area contributed by atoms with Crippen molar-refractivity contribution in [3.05, 3.63) is 62.5 Å². The van der Waals surface area contributed by atoms with Crippen LogP contribution in [0.25, 0.3) is 0 Å². The summed E-state index contributed by atoms with van der Waals surface area (Å²) in [6, 6.07) is 11.8. The third-order valence-electron chi connectivity index (χ3n) is 2.67. The lowest BCUT2D eigenvalue weighted by Gasteiger charge is -2.07. The van der Waals surface area contributed by atoms with Crippen LogP contribution >= 0.6 is 31.9 Å². The van der Waals surface area contributed by atoms with Gasteiger partial charge < -0.3 is 10.1 Å². The number of hydrogen-bond donors (Lipinski definition) is 1. The lowest BCUT2D eigenvalue weighted by Crippen LogP contribution is -2.12. The molecule has 0 unspecified atom stereocenters. The topological polar surface area (TPSA) is 55.4 Å². The maximum atomic E-state index is 12.2. The van der Waals surface area contributed by atoms with Crippen LogP contribution in [0.2, 0.25) is 0 Å². The minimum Gasteiger partial charge on any atom is -0.465 e. The number of hydrogen-bond acceptors (Lipinski definition) is 3. The maximum absolute atomic E-state index is 12.2. The van der Waals surface area contributed by atoms with E-state index in [1.54, 1.807) is 36.4 Å². The molecular formula is C15H11Br2NO3. The summed E-state index contributed by atoms with van der Waals surface area (Å²) in [5.74, 6) is -0.713. The highest BCUT2D eigenvalue weighted by Gasteiger charge is 2.10. The predicted octanol–water partition coefficient (Wildman–Crippen LogP) is 4.25. The highest BCUT2D eigenvalue weighted by molar-refractivity contribution is 9.11. The van der Waals surface area contributed by atoms with E-state index >= 15 is 0 Å². The van der Waals surface area contributed by atoms with Gasteiger partial charge in [0.15, 0.2) is 0 Å². The average Bonchev–Trinajstić information content (AvgIpc) is 2.45. The molecule has 108 valence electrons. The molecule has 0 saturated heterocycles. The van der Waals surface area contributed by atoms with Gasteiger partial charge in [-0.05, 0) is 36.4 Å². The number of halogens is 2. The molecule has 0 spiro atoms. The molecule has 0 atom stereocenters. The number of nitrogens with one attached hydrogen (secondary N) is 1. The molecule has 4 nitrogen and oxygen atoms in total. The quantitative estimate of drug-likeness (QED) is 0.766. The van der Waals surface area contributed by atoms with Gasteiger partial charge in [0.2, 0.25) is 0 Å². The summed E-state index contributed by atoms with van der Waals surface area (Å²) < 4.78 is 6.24. The number of ether oxygens (including phenoxy) is 1. The van der Waals surface area contributed by atoms with Crippen molar-refractivity contribution in [1.82, 2.24) is 0 Å². The average molecular weight is 413 g/mol. The summed E-state index contributed by atoms with van der Waals surface area (Å²) in [6.07, 6.45) is 0. The first kappa shape index (κ1) is 15.7. The summed E-state index contributed by atoms with van der Waals surface area (Å²) in [5, 5.41) is 2.74. The Kier molecular flexibility index (Phi) is 5.14. The van der Waals surface area contributed by atoms with Crippen LogP contribution in [0, 0.1) is 0 Å². The molecule has 0 fully saturated rings. The molecule has 0 aliphatic rings. The molecule has 2 aromatic rings. The molecule has 1 amide bonds. The van der Waals surface area contributed by atoms with E-state index in [1.165, 1.54) is 7.11 Å². The number of methoxy groups -OCH3 is 1. The molecule has 21 heavy (non-hydrogen) atoms. The molecule has 6 heteroatoms. The van der Waals surface area contributed by atoms with E-state index in [4.69, 9.17) is 0 Å². The second-order valence-corrected chi connectivity index (χ2v) is 6.02. The fraction of sp³-hybridized carbons (Fsp3) is 0.0667. The fourth-order valence-electron chi connectivity index (χ4n) is 1.73. The first-order valence-corrected chi connectivity index (χ1v) is 7.54. The van der Waals surface area contributed by atoms with E-state index in [0.717, 1.165) is 8.95 Å². The van der Waals surface area contributed by atoms with Gasteiger partial charge in [0.1, 0.15) is 0 Å². The van der Waals surface area contributed by atoms with Gasteiger partial charge in [-0.25, -0.2) is 4.79 Å². The van der Waals surface area contributed by atoms with Crippen LogP contribution in [0.5, 0.6) is 0 Å². The summed E-state index contributed by atoms with van der Waals surface area (Å²) in [5.41, 5.74) is 1.41. The summed E-state index contributed by atoms with van der Waals surface area (Å²) in [4.78, 5) is 23.7. The third-order valence-corrected chi connectivity index (χ3v) is 3.58. The van der Waals surface area contributed by atoms with Crippen LogP contribution in [0.1, 0.15) is 20.7 Å². The number of benzene rings is 2. The van der Waals surface area contributed by atoms with E-state index in [2.05, 4.69) is 41.9 Å². The SMILES string of the molecule is COC(=O)c1cccc(NC(=O)c2cc(Br)cc(Br)c2)c1. The van der Waals surface area contributed by atoms with Crippen molar-refractivity contribution < 1.29 is 14.3 Å². The largest absolute Gasteiger partial charge is 0.465 e. The first-order chi connectivity index (χ1) is 9.99. The van der Waals surface area contributed by atoms with E-state index < -0.39 is 5.97 Å². The zero-order chi connectivity index (χ0) is 15.4. The molecule has 0 aliphatic heterocycles. The lowest BCUT2D eigenvalue weighted by molar-refractivity contribution is 0.0600. The fourth-order valence-corrected chi connectivity index (χ4v) is 3.02. The Labute approximate surface area is 138 Å². The van der Waals surface area contributed by atoms with Crippen molar-refractivity contribution in [3.63, 3.8) is 0 Å². The molecule has 0 heterocycles. The van der Waals surface area contributed by atoms with Crippen molar-refractivity contribution in [1.29, 1.82) is 0 Å². The predicted molar refractivity (Wildman–Crippen MR) is 87.6 cm³/mol. The van der Waals surface area contributed by atoms with Gasteiger partial charge >= 0.3 is 5.97 Å². The normalized spacial score (nSPS) is 10.0. The number of rotatable bonds is 3. The molecule has 2 aromatic carbocycles. The second kappa shape index (κ2) is 6.87. The number of carbonyl (C=O) groups is 2. The Morgan fingerprint density at radius 2 is 1.67 bits per heavy atom. The molecule has 1 N–H and O–H groups in total. The molecular weight excluding hydrogens is 402 g/mol. The lowest BCUT2D eigenvalue weighted by atomic mass is 10.1. The second-order valence-electron chi connectivity index (χ2n) is 4.18. The third kappa shape index (κ3) is 4.15. The monoisotopic (exact) mass is 411 g/mol. The van der Waals surface area contributed by atoms with Crippen molar-refractivity contribution >= 4 is 49.4 Å². The van der Waals surface area contributed by atoms with Crippen molar-refractivity contribution in [2.24, 2.45) is 0 Å². The Morgan fingerprint density at radius 3 is 2.29 bits per heavy atom. The zero-order valence-electron chi connectivity index (χ0n) is 11.0. The van der Waals surface area contributed by atoms with Gasteiger partial charge in [0.25, 0.3) is 5.91 Å². The molecule has 0 saturated carbocycles. The van der Waals surface area contributed by atoms with Crippen LogP contribution in [0.3, 0.4) is 0 Å². The smallest absolute Gasteiger partial charge is 0.337 e.